The number of hydrogen-bond acceptors (Lipinski definition) is 3. The molecule has 1 rings (SSSR count). The predicted octanol–water partition coefficient (Wildman–Crippen LogP) is 0.542. The van der Waals surface area contributed by atoms with Gasteiger partial charge in [0.1, 0.15) is 5.82 Å². The van der Waals surface area contributed by atoms with E-state index in [1.165, 1.54) is 0 Å². The maximum Gasteiger partial charge on any atom is 0.123 e. The molecule has 60 valence electrons. The van der Waals surface area contributed by atoms with Crippen molar-refractivity contribution < 1.29 is 4.21 Å². The highest BCUT2D eigenvalue weighted by Gasteiger charge is 1.95. The average Bonchev–Trinajstić information content (AvgIpc) is 1.85. The first-order chi connectivity index (χ1) is 5.18. The van der Waals surface area contributed by atoms with E-state index in [0.717, 1.165) is 5.56 Å². The fourth-order valence-corrected chi connectivity index (χ4v) is 1.47. The predicted molar refractivity (Wildman–Crippen MR) is 46.4 cm³/mol. The van der Waals surface area contributed by atoms with Crippen LogP contribution in [0.2, 0.25) is 0 Å². The van der Waals surface area contributed by atoms with Gasteiger partial charge in [-0.2, -0.15) is 0 Å². The fraction of sp³-hybridized carbons (Fsp3) is 0.286. The van der Waals surface area contributed by atoms with Crippen LogP contribution in [-0.4, -0.2) is 15.4 Å². The number of nitrogens with two attached hydrogens (primary N) is 1. The van der Waals surface area contributed by atoms with E-state index in [1.807, 2.05) is 6.07 Å². The molecule has 0 aliphatic heterocycles. The van der Waals surface area contributed by atoms with Crippen LogP contribution in [0.4, 0.5) is 5.82 Å². The van der Waals surface area contributed by atoms with Crippen LogP contribution in [0.1, 0.15) is 5.56 Å². The lowest BCUT2D eigenvalue weighted by molar-refractivity contribution is 0.686. The van der Waals surface area contributed by atoms with Crippen LogP contribution in [0.3, 0.4) is 0 Å². The van der Waals surface area contributed by atoms with Crippen molar-refractivity contribution in [1.82, 2.24) is 4.98 Å². The third kappa shape index (κ3) is 2.67. The minimum Gasteiger partial charge on any atom is -0.384 e. The summed E-state index contributed by atoms with van der Waals surface area (Å²) in [6.07, 6.45) is 3.29. The second-order valence-corrected chi connectivity index (χ2v) is 3.74. The third-order valence-corrected chi connectivity index (χ3v) is 1.96. The van der Waals surface area contributed by atoms with Crippen molar-refractivity contribution in [2.75, 3.05) is 12.0 Å². The molecule has 11 heavy (non-hydrogen) atoms. The Balaban J connectivity index is 2.79. The minimum absolute atomic E-state index is 0.480. The second-order valence-electron chi connectivity index (χ2n) is 2.31. The zero-order valence-corrected chi connectivity index (χ0v) is 7.10. The summed E-state index contributed by atoms with van der Waals surface area (Å²) in [5.41, 5.74) is 6.39. The molecule has 4 heteroatoms. The van der Waals surface area contributed by atoms with Gasteiger partial charge in [-0.15, -0.1) is 0 Å². The lowest BCUT2D eigenvalue weighted by Gasteiger charge is -1.97. The number of hydrogen-bond donors (Lipinski definition) is 1. The zero-order valence-electron chi connectivity index (χ0n) is 6.28. The van der Waals surface area contributed by atoms with E-state index in [0.29, 0.717) is 11.6 Å². The molecule has 1 heterocycles. The largest absolute Gasteiger partial charge is 0.384 e. The van der Waals surface area contributed by atoms with Crippen molar-refractivity contribution in [1.29, 1.82) is 0 Å². The Kier molecular flexibility index (Phi) is 2.59. The van der Waals surface area contributed by atoms with Gasteiger partial charge in [0.25, 0.3) is 0 Å². The molecule has 0 fully saturated rings. The van der Waals surface area contributed by atoms with Crippen LogP contribution in [0, 0.1) is 0 Å². The van der Waals surface area contributed by atoms with Crippen LogP contribution in [0.5, 0.6) is 0 Å². The molecule has 0 amide bonds. The summed E-state index contributed by atoms with van der Waals surface area (Å²) in [6, 6.07) is 3.55. The number of pyridine rings is 1. The Morgan fingerprint density at radius 1 is 1.73 bits per heavy atom. The monoisotopic (exact) mass is 170 g/mol. The van der Waals surface area contributed by atoms with Gasteiger partial charge in [0.05, 0.1) is 0 Å². The van der Waals surface area contributed by atoms with E-state index in [-0.39, 0.29) is 0 Å². The third-order valence-electron chi connectivity index (χ3n) is 1.22. The van der Waals surface area contributed by atoms with Gasteiger partial charge in [0.2, 0.25) is 0 Å². The normalized spacial score (nSPS) is 12.8. The summed E-state index contributed by atoms with van der Waals surface area (Å²) in [4.78, 5) is 3.83. The van der Waals surface area contributed by atoms with Crippen LogP contribution >= 0.6 is 0 Å². The van der Waals surface area contributed by atoms with Gasteiger partial charge >= 0.3 is 0 Å². The quantitative estimate of drug-likeness (QED) is 0.705. The molecule has 0 saturated heterocycles. The average molecular weight is 170 g/mol. The van der Waals surface area contributed by atoms with Gasteiger partial charge in [0, 0.05) is 29.0 Å². The van der Waals surface area contributed by atoms with Crippen molar-refractivity contribution in [2.45, 2.75) is 5.75 Å². The SMILES string of the molecule is CS(=O)Cc1ccnc(N)c1. The van der Waals surface area contributed by atoms with Crippen LogP contribution in [0.15, 0.2) is 18.3 Å². The van der Waals surface area contributed by atoms with Crippen molar-refractivity contribution in [3.63, 3.8) is 0 Å². The first kappa shape index (κ1) is 8.20. The topological polar surface area (TPSA) is 56.0 Å². The van der Waals surface area contributed by atoms with Gasteiger partial charge < -0.3 is 5.73 Å². The highest BCUT2D eigenvalue weighted by molar-refractivity contribution is 7.83. The molecule has 0 aliphatic carbocycles. The molecule has 2 N–H and O–H groups in total. The van der Waals surface area contributed by atoms with Gasteiger partial charge in [-0.3, -0.25) is 4.21 Å². The van der Waals surface area contributed by atoms with E-state index in [1.54, 1.807) is 18.5 Å². The lowest BCUT2D eigenvalue weighted by Crippen LogP contribution is -1.95. The smallest absolute Gasteiger partial charge is 0.123 e. The summed E-state index contributed by atoms with van der Waals surface area (Å²) >= 11 is 0. The molecule has 1 aromatic rings. The molecule has 0 aliphatic rings. The summed E-state index contributed by atoms with van der Waals surface area (Å²) in [5.74, 6) is 1.03. The van der Waals surface area contributed by atoms with E-state index in [2.05, 4.69) is 4.98 Å². The van der Waals surface area contributed by atoms with E-state index in [9.17, 15) is 4.21 Å². The molecule has 0 bridgehead atoms. The summed E-state index contributed by atoms with van der Waals surface area (Å²) < 4.78 is 10.8. The molecule has 0 aromatic carbocycles. The Morgan fingerprint density at radius 2 is 2.45 bits per heavy atom. The zero-order chi connectivity index (χ0) is 8.27. The molecule has 3 nitrogen and oxygen atoms in total. The first-order valence-corrected chi connectivity index (χ1v) is 4.91. The van der Waals surface area contributed by atoms with Crippen molar-refractivity contribution >= 4 is 16.6 Å². The van der Waals surface area contributed by atoms with Gasteiger partial charge in [-0.25, -0.2) is 4.98 Å². The molecule has 0 spiro atoms. The highest BCUT2D eigenvalue weighted by Crippen LogP contribution is 2.04. The molecular weight excluding hydrogens is 160 g/mol. The van der Waals surface area contributed by atoms with E-state index < -0.39 is 10.8 Å². The summed E-state index contributed by atoms with van der Waals surface area (Å²) in [5, 5.41) is 0. The maximum atomic E-state index is 10.8. The Morgan fingerprint density at radius 3 is 3.00 bits per heavy atom. The standard InChI is InChI=1S/C7H10N2OS/c1-11(10)5-6-2-3-9-7(8)4-6/h2-4H,5H2,1H3,(H2,8,9). The van der Waals surface area contributed by atoms with Gasteiger partial charge in [0.15, 0.2) is 0 Å². The molecule has 1 aromatic heterocycles. The summed E-state index contributed by atoms with van der Waals surface area (Å²) in [6.45, 7) is 0. The van der Waals surface area contributed by atoms with Gasteiger partial charge in [-0.1, -0.05) is 0 Å². The highest BCUT2D eigenvalue weighted by atomic mass is 32.2. The van der Waals surface area contributed by atoms with Crippen molar-refractivity contribution in [2.24, 2.45) is 0 Å². The van der Waals surface area contributed by atoms with Crippen LogP contribution in [-0.2, 0) is 16.6 Å². The molecule has 0 radical (unpaired) electrons. The van der Waals surface area contributed by atoms with Crippen LogP contribution in [0.25, 0.3) is 0 Å². The Hall–Kier alpha value is -0.900. The summed E-state index contributed by atoms with van der Waals surface area (Å²) in [7, 11) is -0.808. The molecule has 1 atom stereocenters. The number of aromatic nitrogens is 1. The van der Waals surface area contributed by atoms with Gasteiger partial charge in [-0.05, 0) is 17.7 Å². The van der Waals surface area contributed by atoms with Crippen molar-refractivity contribution in [3.8, 4) is 0 Å². The first-order valence-electron chi connectivity index (χ1n) is 3.19. The second kappa shape index (κ2) is 3.48. The Labute approximate surface area is 68.1 Å². The van der Waals surface area contributed by atoms with Crippen LogP contribution < -0.4 is 5.73 Å². The maximum absolute atomic E-state index is 10.8. The molecule has 1 unspecified atom stereocenters. The Bertz CT molecular complexity index is 275. The van der Waals surface area contributed by atoms with Crippen molar-refractivity contribution in [3.05, 3.63) is 23.9 Å². The minimum atomic E-state index is -0.808. The molecule has 0 saturated carbocycles. The fourth-order valence-electron chi connectivity index (χ4n) is 0.819. The molecular formula is C7H10N2OS. The number of anilines is 1. The van der Waals surface area contributed by atoms with E-state index >= 15 is 0 Å². The number of nitrogen functional groups attached to an aromatic ring is 1. The number of nitrogens with zero attached hydrogens (tertiary/aromatic N) is 1. The van der Waals surface area contributed by atoms with E-state index in [4.69, 9.17) is 5.73 Å². The number of rotatable bonds is 2. The lowest BCUT2D eigenvalue weighted by atomic mass is 10.3.